The zero-order valence-electron chi connectivity index (χ0n) is 17.3. The number of H-pyrrole nitrogens is 1. The summed E-state index contributed by atoms with van der Waals surface area (Å²) in [5.74, 6) is -0.568. The zero-order chi connectivity index (χ0) is 21.8. The van der Waals surface area contributed by atoms with Crippen molar-refractivity contribution in [2.45, 2.75) is 13.3 Å². The van der Waals surface area contributed by atoms with Gasteiger partial charge in [-0.1, -0.05) is 30.3 Å². The predicted molar refractivity (Wildman–Crippen MR) is 120 cm³/mol. The minimum absolute atomic E-state index is 0.0632. The van der Waals surface area contributed by atoms with Crippen molar-refractivity contribution in [1.29, 1.82) is 0 Å². The van der Waals surface area contributed by atoms with Gasteiger partial charge in [0.25, 0.3) is 11.5 Å². The lowest BCUT2D eigenvalue weighted by Gasteiger charge is -2.24. The molecule has 0 unspecified atom stereocenters. The Morgan fingerprint density at radius 2 is 1.97 bits per heavy atom. The van der Waals surface area contributed by atoms with E-state index in [2.05, 4.69) is 28.4 Å². The molecule has 1 aromatic carbocycles. The van der Waals surface area contributed by atoms with Crippen LogP contribution in [0.25, 0.3) is 10.4 Å². The number of hydrogen-bond acceptors (Lipinski definition) is 5. The normalized spacial score (nSPS) is 16.9. The van der Waals surface area contributed by atoms with Gasteiger partial charge in [-0.05, 0) is 42.0 Å². The molecule has 2 amide bonds. The molecule has 0 radical (unpaired) electrons. The van der Waals surface area contributed by atoms with E-state index >= 15 is 0 Å². The summed E-state index contributed by atoms with van der Waals surface area (Å²) in [5.41, 5.74) is 2.03. The van der Waals surface area contributed by atoms with Crippen molar-refractivity contribution in [3.63, 3.8) is 0 Å². The minimum Gasteiger partial charge on any atom is -0.341 e. The number of aromatic nitrogens is 2. The maximum absolute atomic E-state index is 13.3. The number of hydrogen-bond donors (Lipinski definition) is 1. The highest BCUT2D eigenvalue weighted by Gasteiger charge is 2.33. The van der Waals surface area contributed by atoms with Crippen LogP contribution in [0.3, 0.4) is 0 Å². The van der Waals surface area contributed by atoms with E-state index in [1.165, 1.54) is 12.1 Å². The summed E-state index contributed by atoms with van der Waals surface area (Å²) in [6.45, 7) is 3.78. The van der Waals surface area contributed by atoms with Crippen LogP contribution in [0.15, 0.2) is 58.7 Å². The number of amides is 2. The molecule has 3 heterocycles. The fourth-order valence-corrected chi connectivity index (χ4v) is 4.74. The summed E-state index contributed by atoms with van der Waals surface area (Å²) in [5, 5.41) is 8.22. The molecular formula is C23H24N4O3S. The molecular weight excluding hydrogens is 412 g/mol. The smallest absolute Gasteiger partial charge is 0.274 e. The molecule has 7 nitrogen and oxygen atoms in total. The number of benzene rings is 1. The summed E-state index contributed by atoms with van der Waals surface area (Å²) >= 11 is 1.67. The summed E-state index contributed by atoms with van der Waals surface area (Å²) in [6.07, 6.45) is 0.548. The third kappa shape index (κ3) is 4.59. The molecule has 1 atom stereocenters. The van der Waals surface area contributed by atoms with Crippen LogP contribution in [0.2, 0.25) is 0 Å². The van der Waals surface area contributed by atoms with Crippen LogP contribution in [0, 0.1) is 5.92 Å². The predicted octanol–water partition coefficient (Wildman–Crippen LogP) is 2.66. The second kappa shape index (κ2) is 9.26. The highest BCUT2D eigenvalue weighted by Crippen LogP contribution is 2.30. The van der Waals surface area contributed by atoms with Crippen LogP contribution < -0.4 is 5.56 Å². The van der Waals surface area contributed by atoms with Crippen molar-refractivity contribution < 1.29 is 9.59 Å². The maximum Gasteiger partial charge on any atom is 0.274 e. The standard InChI is InChI=1S/C23H24N4O3S/c1-2-26-11-12-27(23(30)19-9-10-21(28)25-24-19)15-17(22(26)29)14-16-6-3-4-7-18(16)20-8-5-13-31-20/h3-10,13,17H,2,11-12,14-15H2,1H3,(H,25,28)/t17-/m1/s1. The Morgan fingerprint density at radius 3 is 2.68 bits per heavy atom. The van der Waals surface area contributed by atoms with Crippen molar-refractivity contribution in [3.8, 4) is 10.4 Å². The third-order valence-corrected chi connectivity index (χ3v) is 6.48. The first-order chi connectivity index (χ1) is 15.1. The topological polar surface area (TPSA) is 86.4 Å². The summed E-state index contributed by atoms with van der Waals surface area (Å²) in [7, 11) is 0. The van der Waals surface area contributed by atoms with E-state index in [4.69, 9.17) is 0 Å². The number of rotatable bonds is 5. The highest BCUT2D eigenvalue weighted by atomic mass is 32.1. The van der Waals surface area contributed by atoms with E-state index in [0.29, 0.717) is 32.6 Å². The quantitative estimate of drug-likeness (QED) is 0.666. The number of thiophene rings is 1. The highest BCUT2D eigenvalue weighted by molar-refractivity contribution is 7.13. The van der Waals surface area contributed by atoms with Crippen molar-refractivity contribution in [2.24, 2.45) is 5.92 Å². The minimum atomic E-state index is -0.359. The summed E-state index contributed by atoms with van der Waals surface area (Å²) in [4.78, 5) is 42.2. The van der Waals surface area contributed by atoms with E-state index in [-0.39, 0.29) is 29.0 Å². The van der Waals surface area contributed by atoms with E-state index < -0.39 is 0 Å². The van der Waals surface area contributed by atoms with Crippen LogP contribution in [-0.4, -0.2) is 58.0 Å². The Balaban J connectivity index is 1.62. The second-order valence-electron chi connectivity index (χ2n) is 7.51. The molecule has 0 bridgehead atoms. The molecule has 0 spiro atoms. The molecule has 4 rings (SSSR count). The van der Waals surface area contributed by atoms with Crippen molar-refractivity contribution in [3.05, 3.63) is 75.5 Å². The maximum atomic E-state index is 13.3. The lowest BCUT2D eigenvalue weighted by atomic mass is 9.93. The molecule has 1 N–H and O–H groups in total. The van der Waals surface area contributed by atoms with Gasteiger partial charge in [-0.25, -0.2) is 5.10 Å². The fourth-order valence-electron chi connectivity index (χ4n) is 3.96. The van der Waals surface area contributed by atoms with Crippen molar-refractivity contribution in [2.75, 3.05) is 26.2 Å². The molecule has 160 valence electrons. The second-order valence-corrected chi connectivity index (χ2v) is 8.46. The first-order valence-corrected chi connectivity index (χ1v) is 11.2. The van der Waals surface area contributed by atoms with Gasteiger partial charge in [0.15, 0.2) is 0 Å². The van der Waals surface area contributed by atoms with E-state index in [1.54, 1.807) is 16.2 Å². The number of carbonyl (C=O) groups excluding carboxylic acids is 2. The van der Waals surface area contributed by atoms with E-state index in [9.17, 15) is 14.4 Å². The average Bonchev–Trinajstić information content (AvgIpc) is 3.27. The Bertz CT molecular complexity index is 1110. The Morgan fingerprint density at radius 1 is 1.13 bits per heavy atom. The molecule has 8 heteroatoms. The van der Waals surface area contributed by atoms with Gasteiger partial charge in [0, 0.05) is 37.1 Å². The molecule has 3 aromatic rings. The fraction of sp³-hybridized carbons (Fsp3) is 0.304. The summed E-state index contributed by atoms with van der Waals surface area (Å²) in [6, 6.07) is 14.9. The Kier molecular flexibility index (Phi) is 6.27. The van der Waals surface area contributed by atoms with Crippen LogP contribution in [0.5, 0.6) is 0 Å². The number of likely N-dealkylation sites (N-methyl/N-ethyl adjacent to an activating group) is 1. The third-order valence-electron chi connectivity index (χ3n) is 5.58. The molecule has 1 aliphatic rings. The molecule has 0 saturated carbocycles. The number of nitrogens with one attached hydrogen (secondary N) is 1. The van der Waals surface area contributed by atoms with Gasteiger partial charge in [0.05, 0.1) is 5.92 Å². The van der Waals surface area contributed by atoms with Gasteiger partial charge in [0.1, 0.15) is 5.69 Å². The molecule has 31 heavy (non-hydrogen) atoms. The van der Waals surface area contributed by atoms with Crippen LogP contribution >= 0.6 is 11.3 Å². The lowest BCUT2D eigenvalue weighted by molar-refractivity contribution is -0.134. The van der Waals surface area contributed by atoms with Crippen molar-refractivity contribution >= 4 is 23.2 Å². The van der Waals surface area contributed by atoms with Crippen LogP contribution in [0.1, 0.15) is 23.0 Å². The van der Waals surface area contributed by atoms with E-state index in [1.807, 2.05) is 35.4 Å². The molecule has 1 fully saturated rings. The summed E-state index contributed by atoms with van der Waals surface area (Å²) < 4.78 is 0. The average molecular weight is 437 g/mol. The largest absolute Gasteiger partial charge is 0.341 e. The van der Waals surface area contributed by atoms with Gasteiger partial charge in [-0.15, -0.1) is 11.3 Å². The van der Waals surface area contributed by atoms with Gasteiger partial charge in [0.2, 0.25) is 5.91 Å². The lowest BCUT2D eigenvalue weighted by Crippen LogP contribution is -2.38. The SMILES string of the molecule is CCN1CCN(C(=O)c2ccc(=O)[nH]n2)C[C@@H](Cc2ccccc2-c2cccs2)C1=O. The Labute approximate surface area is 184 Å². The van der Waals surface area contributed by atoms with Gasteiger partial charge in [-0.2, -0.15) is 5.10 Å². The number of carbonyl (C=O) groups is 2. The van der Waals surface area contributed by atoms with Gasteiger partial charge in [-0.3, -0.25) is 14.4 Å². The molecule has 2 aromatic heterocycles. The zero-order valence-corrected chi connectivity index (χ0v) is 18.1. The number of aromatic amines is 1. The van der Waals surface area contributed by atoms with Gasteiger partial charge >= 0.3 is 0 Å². The Hall–Kier alpha value is -3.26. The first kappa shape index (κ1) is 21.0. The molecule has 1 saturated heterocycles. The van der Waals surface area contributed by atoms with E-state index in [0.717, 1.165) is 16.0 Å². The van der Waals surface area contributed by atoms with Gasteiger partial charge < -0.3 is 9.80 Å². The van der Waals surface area contributed by atoms with Crippen LogP contribution in [-0.2, 0) is 11.2 Å². The first-order valence-electron chi connectivity index (χ1n) is 10.3. The molecule has 0 aliphatic carbocycles. The number of nitrogens with zero attached hydrogens (tertiary/aromatic N) is 3. The molecule has 1 aliphatic heterocycles. The van der Waals surface area contributed by atoms with Crippen molar-refractivity contribution in [1.82, 2.24) is 20.0 Å². The van der Waals surface area contributed by atoms with Crippen LogP contribution in [0.4, 0.5) is 0 Å². The monoisotopic (exact) mass is 436 g/mol.